The first-order valence-corrected chi connectivity index (χ1v) is 20.4. The number of hydrogen-bond acceptors (Lipinski definition) is 12. The number of carbonyl (C=O) groups is 1. The summed E-state index contributed by atoms with van der Waals surface area (Å²) >= 11 is 26.8. The second kappa shape index (κ2) is 64.2. The number of nitrogens with two attached hydrogens (primary N) is 7. The summed E-state index contributed by atoms with van der Waals surface area (Å²) in [7, 11) is 1.00. The second-order valence-electron chi connectivity index (χ2n) is 6.54. The molecule has 0 aromatic carbocycles. The molecule has 0 aliphatic rings. The molecule has 45 heavy (non-hydrogen) atoms. The number of carbonyl (C=O) groups excluding carboxylic acids is 1. The summed E-state index contributed by atoms with van der Waals surface area (Å²) in [6, 6.07) is 0. The van der Waals surface area contributed by atoms with Crippen molar-refractivity contribution >= 4 is 142 Å². The van der Waals surface area contributed by atoms with Crippen molar-refractivity contribution in [3.05, 3.63) is 0 Å². The largest absolute Gasteiger partial charge is 1.00 e. The van der Waals surface area contributed by atoms with Crippen LogP contribution in [-0.2, 0) is 42.7 Å². The summed E-state index contributed by atoms with van der Waals surface area (Å²) in [4.78, 5) is 9.22. The van der Waals surface area contributed by atoms with Crippen LogP contribution < -0.4 is 165 Å². The van der Waals surface area contributed by atoms with E-state index in [1.807, 2.05) is 47.0 Å². The molecule has 0 fully saturated rings. The smallest absolute Gasteiger partial charge is 1.00 e. The molecule has 0 spiro atoms. The normalized spacial score (nSPS) is 9.82. The first-order valence-electron chi connectivity index (χ1n) is 11.4. The van der Waals surface area contributed by atoms with Crippen LogP contribution in [-0.4, -0.2) is 113 Å². The van der Waals surface area contributed by atoms with Crippen molar-refractivity contribution in [2.75, 3.05) is 76.1 Å². The SMILES string of the molecule is CC(N)=O.CO.NC(=[NH2+])SCCSCC(CSC(N)=[NH2+])SCCSC(N)=[NH2+].[Cl-].[Cl-].[Cl-].[Na+].[Na+].[Na+].[S-]CCSCC(C[S-])SCC[S-]. The Bertz CT molecular complexity index is 627. The fourth-order valence-electron chi connectivity index (χ4n) is 1.77. The van der Waals surface area contributed by atoms with Gasteiger partial charge in [-0.1, -0.05) is 0 Å². The van der Waals surface area contributed by atoms with Crippen molar-refractivity contribution in [3.63, 3.8) is 0 Å². The van der Waals surface area contributed by atoms with Gasteiger partial charge in [-0.05, 0) is 52.0 Å². The molecule has 0 aromatic rings. The zero-order valence-electron chi connectivity index (χ0n) is 26.8. The third kappa shape index (κ3) is 83.6. The molecule has 2 atom stereocenters. The molecule has 15 N–H and O–H groups in total. The molecule has 1 amide bonds. The Morgan fingerprint density at radius 2 is 0.978 bits per heavy atom. The third-order valence-electron chi connectivity index (χ3n) is 3.10. The Morgan fingerprint density at radius 3 is 1.36 bits per heavy atom. The van der Waals surface area contributed by atoms with Crippen LogP contribution in [0.2, 0.25) is 0 Å². The van der Waals surface area contributed by atoms with Crippen molar-refractivity contribution in [1.29, 1.82) is 0 Å². The zero-order valence-corrected chi connectivity index (χ0v) is 43.2. The molecule has 0 heterocycles. The van der Waals surface area contributed by atoms with E-state index >= 15 is 0 Å². The van der Waals surface area contributed by atoms with Gasteiger partial charge in [-0.2, -0.15) is 64.3 Å². The van der Waals surface area contributed by atoms with Crippen molar-refractivity contribution < 1.29 is 152 Å². The standard InChI is InChI=1S/C10H22N6S5.C7H16S5.C2H5NO.CH4O.3ClH.3Na/c11-8(12)19-2-1-17-5-7(6-21-10(15)16)18-3-4-20-9(13)14;8-1-3-11-6-7(5-10)12-4-2-9;1-2(3)4;1-2;;;;;;/h7H,1-6H2,(H3,11,12)(H3,13,14)(H3,15,16);7-10H,1-6H2;1H3,(H2,3,4);2H,1H3;3*1H;;;/q;;;;;;;3*+1/p-3. The molecule has 0 aromatic heterocycles. The van der Waals surface area contributed by atoms with Crippen molar-refractivity contribution in [2.45, 2.75) is 17.4 Å². The van der Waals surface area contributed by atoms with E-state index in [-0.39, 0.29) is 132 Å². The Kier molecular flexibility index (Phi) is 107. The summed E-state index contributed by atoms with van der Waals surface area (Å²) in [6.45, 7) is 1.31. The van der Waals surface area contributed by atoms with Crippen LogP contribution in [0.1, 0.15) is 6.92 Å². The Hall–Kier alpha value is 5.21. The molecule has 0 bridgehead atoms. The monoisotopic (exact) mass is 911 g/mol. The molecule has 9 nitrogen and oxygen atoms in total. The molecule has 258 valence electrons. The van der Waals surface area contributed by atoms with Gasteiger partial charge < -0.3 is 85.9 Å². The van der Waals surface area contributed by atoms with Crippen LogP contribution in [0, 0.1) is 0 Å². The molecule has 0 radical (unpaired) electrons. The number of thioether (sulfide) groups is 7. The molecule has 2 unspecified atom stereocenters. The van der Waals surface area contributed by atoms with Gasteiger partial charge in [-0.3, -0.25) is 38.2 Å². The van der Waals surface area contributed by atoms with Gasteiger partial charge in [0.05, 0.1) is 0 Å². The number of hydrogen-bond donors (Lipinski definition) is 8. The fraction of sp³-hybridized carbons (Fsp3) is 0.800. The van der Waals surface area contributed by atoms with Gasteiger partial charge in [0.15, 0.2) is 0 Å². The first-order chi connectivity index (χ1) is 18.5. The third-order valence-corrected chi connectivity index (χ3v) is 12.9. The molecule has 0 aliphatic carbocycles. The molecule has 25 heteroatoms. The average molecular weight is 914 g/mol. The molecular formula is C20H47Cl3N7Na3O2S10. The summed E-state index contributed by atoms with van der Waals surface area (Å²) in [6.07, 6.45) is 0. The maximum absolute atomic E-state index is 9.22. The van der Waals surface area contributed by atoms with Gasteiger partial charge in [-0.25, -0.2) is 0 Å². The quantitative estimate of drug-likeness (QED) is 0.0199. The average Bonchev–Trinajstić information content (AvgIpc) is 2.87. The van der Waals surface area contributed by atoms with Gasteiger partial charge in [0.2, 0.25) is 5.91 Å². The number of amidine groups is 3. The minimum absolute atomic E-state index is 0. The minimum Gasteiger partial charge on any atom is -1.00 e. The van der Waals surface area contributed by atoms with Crippen molar-refractivity contribution in [2.24, 2.45) is 22.9 Å². The zero-order chi connectivity index (χ0) is 30.9. The predicted octanol–water partition coefficient (Wildman–Crippen LogP) is -21.2. The van der Waals surface area contributed by atoms with Crippen LogP contribution in [0.15, 0.2) is 0 Å². The van der Waals surface area contributed by atoms with E-state index in [9.17, 15) is 4.79 Å². The van der Waals surface area contributed by atoms with Crippen LogP contribution >= 0.6 is 82.3 Å². The minimum atomic E-state index is -0.333. The van der Waals surface area contributed by atoms with Crippen LogP contribution in [0.5, 0.6) is 0 Å². The fourth-order valence-corrected chi connectivity index (χ4v) is 9.62. The van der Waals surface area contributed by atoms with Gasteiger partial charge in [0.25, 0.3) is 15.5 Å². The Labute approximate surface area is 403 Å². The number of primary amides is 1. The van der Waals surface area contributed by atoms with Gasteiger partial charge in [0.1, 0.15) is 0 Å². The molecule has 0 aliphatic heterocycles. The molecule has 0 saturated carbocycles. The summed E-state index contributed by atoms with van der Waals surface area (Å²) in [5.74, 6) is 11.3. The maximum Gasteiger partial charge on any atom is 1.00 e. The number of aliphatic hydroxyl groups excluding tert-OH is 1. The predicted molar refractivity (Wildman–Crippen MR) is 198 cm³/mol. The van der Waals surface area contributed by atoms with Crippen molar-refractivity contribution in [3.8, 4) is 0 Å². The number of amides is 1. The summed E-state index contributed by atoms with van der Waals surface area (Å²) in [5.41, 5.74) is 20.8. The van der Waals surface area contributed by atoms with E-state index in [2.05, 4.69) is 5.73 Å². The number of aliphatic hydroxyl groups is 1. The van der Waals surface area contributed by atoms with Gasteiger partial charge in [-0.15, -0.1) is 0 Å². The van der Waals surface area contributed by atoms with Crippen LogP contribution in [0.4, 0.5) is 0 Å². The van der Waals surface area contributed by atoms with Crippen molar-refractivity contribution in [1.82, 2.24) is 0 Å². The summed E-state index contributed by atoms with van der Waals surface area (Å²) in [5, 5.41) is 25.7. The maximum atomic E-state index is 9.22. The van der Waals surface area contributed by atoms with E-state index in [0.717, 1.165) is 76.1 Å². The summed E-state index contributed by atoms with van der Waals surface area (Å²) < 4.78 is 0. The topological polar surface area (TPSA) is 218 Å². The van der Waals surface area contributed by atoms with E-state index in [1.165, 1.54) is 42.2 Å². The van der Waals surface area contributed by atoms with Gasteiger partial charge >= 0.3 is 88.7 Å². The van der Waals surface area contributed by atoms with Gasteiger partial charge in [0, 0.05) is 59.6 Å². The number of halogens is 3. The van der Waals surface area contributed by atoms with E-state index < -0.39 is 0 Å². The number of rotatable bonds is 19. The van der Waals surface area contributed by atoms with E-state index in [1.54, 1.807) is 0 Å². The molecule has 0 saturated heterocycles. The first kappa shape index (κ1) is 75.2. The van der Waals surface area contributed by atoms with Crippen LogP contribution in [0.3, 0.4) is 0 Å². The Balaban J connectivity index is -0.0000000553. The van der Waals surface area contributed by atoms with E-state index in [0.29, 0.717) is 26.0 Å². The molecular weight excluding hydrogens is 866 g/mol. The second-order valence-corrected chi connectivity index (χ2v) is 16.2. The van der Waals surface area contributed by atoms with E-state index in [4.69, 9.17) is 76.4 Å². The van der Waals surface area contributed by atoms with Crippen LogP contribution in [0.25, 0.3) is 0 Å². The molecule has 0 rings (SSSR count). The Morgan fingerprint density at radius 1 is 0.622 bits per heavy atom.